The SMILES string of the molecule is CC(C)Oc1ccc(NC(=O)C(NC(=O)NCc2ccccc2)C(C)C)cc1. The van der Waals surface area contributed by atoms with Crippen molar-refractivity contribution in [1.82, 2.24) is 10.6 Å². The molecule has 1 atom stereocenters. The van der Waals surface area contributed by atoms with E-state index in [2.05, 4.69) is 16.0 Å². The molecule has 3 N–H and O–H groups in total. The van der Waals surface area contributed by atoms with Gasteiger partial charge in [0.1, 0.15) is 11.8 Å². The highest BCUT2D eigenvalue weighted by Crippen LogP contribution is 2.17. The number of urea groups is 1. The topological polar surface area (TPSA) is 79.5 Å². The summed E-state index contributed by atoms with van der Waals surface area (Å²) in [5.41, 5.74) is 1.64. The molecule has 0 radical (unpaired) electrons. The highest BCUT2D eigenvalue weighted by molar-refractivity contribution is 5.97. The van der Waals surface area contributed by atoms with Gasteiger partial charge in [0.15, 0.2) is 0 Å². The van der Waals surface area contributed by atoms with E-state index in [0.717, 1.165) is 11.3 Å². The van der Waals surface area contributed by atoms with E-state index in [1.165, 1.54) is 0 Å². The fourth-order valence-corrected chi connectivity index (χ4v) is 2.61. The van der Waals surface area contributed by atoms with Crippen LogP contribution in [0.5, 0.6) is 5.75 Å². The fraction of sp³-hybridized carbons (Fsp3) is 0.364. The summed E-state index contributed by atoms with van der Waals surface area (Å²) >= 11 is 0. The zero-order valence-corrected chi connectivity index (χ0v) is 16.9. The van der Waals surface area contributed by atoms with Gasteiger partial charge in [0.05, 0.1) is 6.10 Å². The number of anilines is 1. The van der Waals surface area contributed by atoms with Crippen molar-refractivity contribution >= 4 is 17.6 Å². The molecule has 2 rings (SSSR count). The molecule has 0 spiro atoms. The lowest BCUT2D eigenvalue weighted by molar-refractivity contribution is -0.118. The number of nitrogens with one attached hydrogen (secondary N) is 3. The summed E-state index contributed by atoms with van der Waals surface area (Å²) in [6.07, 6.45) is 0.0874. The van der Waals surface area contributed by atoms with E-state index in [0.29, 0.717) is 12.2 Å². The molecule has 6 heteroatoms. The van der Waals surface area contributed by atoms with Crippen LogP contribution in [0.25, 0.3) is 0 Å². The van der Waals surface area contributed by atoms with Crippen LogP contribution >= 0.6 is 0 Å². The summed E-state index contributed by atoms with van der Waals surface area (Å²) in [6.45, 7) is 8.09. The van der Waals surface area contributed by atoms with Crippen molar-refractivity contribution in [1.29, 1.82) is 0 Å². The van der Waals surface area contributed by atoms with Crippen molar-refractivity contribution in [3.8, 4) is 5.75 Å². The average Bonchev–Trinajstić information content (AvgIpc) is 2.66. The number of hydrogen-bond acceptors (Lipinski definition) is 3. The molecule has 0 aromatic heterocycles. The minimum Gasteiger partial charge on any atom is -0.491 e. The summed E-state index contributed by atoms with van der Waals surface area (Å²) < 4.78 is 5.60. The van der Waals surface area contributed by atoms with Gasteiger partial charge in [0, 0.05) is 12.2 Å². The van der Waals surface area contributed by atoms with E-state index in [4.69, 9.17) is 4.74 Å². The molecule has 28 heavy (non-hydrogen) atoms. The Morgan fingerprint density at radius 2 is 1.57 bits per heavy atom. The van der Waals surface area contributed by atoms with Crippen molar-refractivity contribution in [2.45, 2.75) is 46.4 Å². The van der Waals surface area contributed by atoms with Crippen LogP contribution in [0.4, 0.5) is 10.5 Å². The van der Waals surface area contributed by atoms with Crippen LogP contribution in [-0.4, -0.2) is 24.1 Å². The molecule has 0 aliphatic heterocycles. The molecular formula is C22H29N3O3. The second-order valence-electron chi connectivity index (χ2n) is 7.21. The predicted octanol–water partition coefficient (Wildman–Crippen LogP) is 3.94. The molecule has 6 nitrogen and oxygen atoms in total. The van der Waals surface area contributed by atoms with Crippen LogP contribution in [0, 0.1) is 5.92 Å². The molecule has 0 bridgehead atoms. The first kappa shape index (κ1) is 21.3. The van der Waals surface area contributed by atoms with E-state index in [-0.39, 0.29) is 24.0 Å². The van der Waals surface area contributed by atoms with Gasteiger partial charge in [-0.3, -0.25) is 4.79 Å². The van der Waals surface area contributed by atoms with Crippen molar-refractivity contribution in [2.24, 2.45) is 5.92 Å². The fourth-order valence-electron chi connectivity index (χ4n) is 2.61. The van der Waals surface area contributed by atoms with Crippen LogP contribution in [0.15, 0.2) is 54.6 Å². The summed E-state index contributed by atoms with van der Waals surface area (Å²) in [5.74, 6) is 0.417. The van der Waals surface area contributed by atoms with Crippen LogP contribution in [0.3, 0.4) is 0 Å². The largest absolute Gasteiger partial charge is 0.491 e. The number of benzene rings is 2. The molecule has 150 valence electrons. The van der Waals surface area contributed by atoms with Gasteiger partial charge in [-0.25, -0.2) is 4.79 Å². The molecule has 0 heterocycles. The molecule has 2 aromatic carbocycles. The minimum atomic E-state index is -0.651. The lowest BCUT2D eigenvalue weighted by Crippen LogP contribution is -2.50. The van der Waals surface area contributed by atoms with Crippen molar-refractivity contribution in [3.63, 3.8) is 0 Å². The van der Waals surface area contributed by atoms with E-state index in [1.807, 2.05) is 58.0 Å². The maximum atomic E-state index is 12.6. The van der Waals surface area contributed by atoms with Crippen molar-refractivity contribution < 1.29 is 14.3 Å². The van der Waals surface area contributed by atoms with Gasteiger partial charge in [-0.05, 0) is 49.6 Å². The molecule has 0 saturated heterocycles. The Balaban J connectivity index is 1.91. The van der Waals surface area contributed by atoms with E-state index < -0.39 is 6.04 Å². The maximum absolute atomic E-state index is 12.6. The molecule has 0 saturated carbocycles. The monoisotopic (exact) mass is 383 g/mol. The number of ether oxygens (including phenoxy) is 1. The van der Waals surface area contributed by atoms with Gasteiger partial charge < -0.3 is 20.7 Å². The molecule has 3 amide bonds. The summed E-state index contributed by atoms with van der Waals surface area (Å²) in [5, 5.41) is 8.39. The first-order valence-electron chi connectivity index (χ1n) is 9.51. The van der Waals surface area contributed by atoms with Crippen LogP contribution in [0.1, 0.15) is 33.3 Å². The number of hydrogen-bond donors (Lipinski definition) is 3. The average molecular weight is 383 g/mol. The van der Waals surface area contributed by atoms with E-state index in [1.54, 1.807) is 24.3 Å². The van der Waals surface area contributed by atoms with Gasteiger partial charge in [-0.2, -0.15) is 0 Å². The third-order valence-electron chi connectivity index (χ3n) is 4.03. The zero-order chi connectivity index (χ0) is 20.5. The second kappa shape index (κ2) is 10.3. The quantitative estimate of drug-likeness (QED) is 0.646. The zero-order valence-electron chi connectivity index (χ0n) is 16.9. The van der Waals surface area contributed by atoms with Crippen LogP contribution in [0.2, 0.25) is 0 Å². The third kappa shape index (κ3) is 6.95. The number of rotatable bonds is 8. The summed E-state index contributed by atoms with van der Waals surface area (Å²) in [7, 11) is 0. The van der Waals surface area contributed by atoms with E-state index >= 15 is 0 Å². The first-order chi connectivity index (χ1) is 13.3. The van der Waals surface area contributed by atoms with Crippen molar-refractivity contribution in [3.05, 3.63) is 60.2 Å². The third-order valence-corrected chi connectivity index (χ3v) is 4.03. The van der Waals surface area contributed by atoms with Crippen LogP contribution in [-0.2, 0) is 11.3 Å². The lowest BCUT2D eigenvalue weighted by Gasteiger charge is -2.22. The second-order valence-corrected chi connectivity index (χ2v) is 7.21. The molecule has 0 fully saturated rings. The lowest BCUT2D eigenvalue weighted by atomic mass is 10.0. The normalized spacial score (nSPS) is 11.8. The van der Waals surface area contributed by atoms with Gasteiger partial charge in [0.25, 0.3) is 0 Å². The standard InChI is InChI=1S/C22H29N3O3/c1-15(2)20(25-22(27)23-14-17-8-6-5-7-9-17)21(26)24-18-10-12-19(13-11-18)28-16(3)4/h5-13,15-16,20H,14H2,1-4H3,(H,24,26)(H2,23,25,27). The smallest absolute Gasteiger partial charge is 0.315 e. The number of carbonyl (C=O) groups is 2. The predicted molar refractivity (Wildman–Crippen MR) is 111 cm³/mol. The Morgan fingerprint density at radius 3 is 2.14 bits per heavy atom. The molecule has 1 unspecified atom stereocenters. The Kier molecular flexibility index (Phi) is 7.87. The Bertz CT molecular complexity index is 758. The molecule has 0 aliphatic carbocycles. The van der Waals surface area contributed by atoms with Crippen molar-refractivity contribution in [2.75, 3.05) is 5.32 Å². The molecule has 0 aliphatic rings. The highest BCUT2D eigenvalue weighted by atomic mass is 16.5. The number of carbonyl (C=O) groups excluding carboxylic acids is 2. The van der Waals surface area contributed by atoms with Gasteiger partial charge in [0.2, 0.25) is 5.91 Å². The molecular weight excluding hydrogens is 354 g/mol. The Hall–Kier alpha value is -3.02. The van der Waals surface area contributed by atoms with Gasteiger partial charge >= 0.3 is 6.03 Å². The van der Waals surface area contributed by atoms with E-state index in [9.17, 15) is 9.59 Å². The maximum Gasteiger partial charge on any atom is 0.315 e. The highest BCUT2D eigenvalue weighted by Gasteiger charge is 2.24. The Labute approximate surface area is 166 Å². The molecule has 2 aromatic rings. The Morgan fingerprint density at radius 1 is 0.929 bits per heavy atom. The van der Waals surface area contributed by atoms with Gasteiger partial charge in [-0.15, -0.1) is 0 Å². The minimum absolute atomic E-state index is 0.0639. The van der Waals surface area contributed by atoms with Crippen LogP contribution < -0.4 is 20.7 Å². The first-order valence-corrected chi connectivity index (χ1v) is 9.51. The van der Waals surface area contributed by atoms with Gasteiger partial charge in [-0.1, -0.05) is 44.2 Å². The number of amides is 3. The summed E-state index contributed by atoms with van der Waals surface area (Å²) in [4.78, 5) is 24.9. The summed E-state index contributed by atoms with van der Waals surface area (Å²) in [6, 6.07) is 15.8.